The van der Waals surface area contributed by atoms with Crippen LogP contribution in [0.2, 0.25) is 0 Å². The van der Waals surface area contributed by atoms with E-state index in [4.69, 9.17) is 9.47 Å². The van der Waals surface area contributed by atoms with Crippen molar-refractivity contribution in [2.75, 3.05) is 11.9 Å². The monoisotopic (exact) mass is 529 g/mol. The average Bonchev–Trinajstić information content (AvgIpc) is 2.84. The topological polar surface area (TPSA) is 95.1 Å². The molecule has 3 aromatic rings. The maximum Gasteiger partial charge on any atom is 0.266 e. The summed E-state index contributed by atoms with van der Waals surface area (Å²) in [5, 5.41) is 21.7. The van der Waals surface area contributed by atoms with Gasteiger partial charge in [0.25, 0.3) is 5.91 Å². The number of carbonyl (C=O) groups excluding carboxylic acids is 1. The van der Waals surface area contributed by atoms with Gasteiger partial charge in [-0.05, 0) is 78.2 Å². The third kappa shape index (κ3) is 6.50. The maximum absolute atomic E-state index is 12.8. The lowest BCUT2D eigenvalue weighted by Gasteiger charge is -2.15. The van der Waals surface area contributed by atoms with Gasteiger partial charge in [-0.25, -0.2) is 0 Å². The molecule has 0 spiro atoms. The van der Waals surface area contributed by atoms with Gasteiger partial charge >= 0.3 is 0 Å². The molecule has 0 saturated carbocycles. The summed E-state index contributed by atoms with van der Waals surface area (Å²) in [6.45, 7) is 6.30. The van der Waals surface area contributed by atoms with Crippen LogP contribution >= 0.6 is 15.9 Å². The van der Waals surface area contributed by atoms with E-state index in [1.807, 2.05) is 57.2 Å². The van der Waals surface area contributed by atoms with E-state index in [9.17, 15) is 15.3 Å². The molecule has 0 atom stereocenters. The van der Waals surface area contributed by atoms with Crippen LogP contribution in [-0.2, 0) is 11.4 Å². The second kappa shape index (κ2) is 11.9. The first kappa shape index (κ1) is 25.6. The van der Waals surface area contributed by atoms with Crippen molar-refractivity contribution in [1.29, 1.82) is 10.5 Å². The van der Waals surface area contributed by atoms with Gasteiger partial charge in [0.2, 0.25) is 0 Å². The smallest absolute Gasteiger partial charge is 0.266 e. The quantitative estimate of drug-likeness (QED) is 0.266. The molecule has 7 heteroatoms. The molecule has 6 nitrogen and oxygen atoms in total. The molecule has 1 amide bonds. The lowest BCUT2D eigenvalue weighted by atomic mass is 10.1. The SMILES string of the molecule is CCOc1cc(/C=C(\C#N)C(=O)Nc2ccc(C)cc2C)cc(Br)c1OCc1ccccc1C#N. The molecular formula is C28H24BrN3O3. The Bertz CT molecular complexity index is 1370. The fourth-order valence-electron chi connectivity index (χ4n) is 3.44. The molecule has 176 valence electrons. The summed E-state index contributed by atoms with van der Waals surface area (Å²) in [5.41, 5.74) is 4.49. The normalized spacial score (nSPS) is 10.7. The Morgan fingerprint density at radius 1 is 1.09 bits per heavy atom. The van der Waals surface area contributed by atoms with E-state index in [1.54, 1.807) is 24.3 Å². The van der Waals surface area contributed by atoms with Crippen molar-refractivity contribution < 1.29 is 14.3 Å². The summed E-state index contributed by atoms with van der Waals surface area (Å²) in [6, 6.07) is 20.5. The van der Waals surface area contributed by atoms with Crippen LogP contribution in [0.4, 0.5) is 5.69 Å². The molecule has 0 unspecified atom stereocenters. The average molecular weight is 530 g/mol. The van der Waals surface area contributed by atoms with Gasteiger partial charge < -0.3 is 14.8 Å². The zero-order valence-electron chi connectivity index (χ0n) is 19.7. The highest BCUT2D eigenvalue weighted by Crippen LogP contribution is 2.38. The van der Waals surface area contributed by atoms with Crippen molar-refractivity contribution in [3.8, 4) is 23.6 Å². The number of ether oxygens (including phenoxy) is 2. The molecule has 1 N–H and O–H groups in total. The maximum atomic E-state index is 12.8. The van der Waals surface area contributed by atoms with E-state index < -0.39 is 5.91 Å². The lowest BCUT2D eigenvalue weighted by molar-refractivity contribution is -0.112. The van der Waals surface area contributed by atoms with Gasteiger partial charge in [-0.15, -0.1) is 0 Å². The van der Waals surface area contributed by atoms with Crippen LogP contribution < -0.4 is 14.8 Å². The summed E-state index contributed by atoms with van der Waals surface area (Å²) in [5.74, 6) is 0.423. The zero-order valence-corrected chi connectivity index (χ0v) is 21.3. The Balaban J connectivity index is 1.87. The number of hydrogen-bond acceptors (Lipinski definition) is 5. The first-order valence-electron chi connectivity index (χ1n) is 10.9. The number of benzene rings is 3. The van der Waals surface area contributed by atoms with Crippen LogP contribution in [0.5, 0.6) is 11.5 Å². The number of nitriles is 2. The molecular weight excluding hydrogens is 506 g/mol. The Labute approximate surface area is 213 Å². The number of anilines is 1. The van der Waals surface area contributed by atoms with Crippen molar-refractivity contribution in [3.63, 3.8) is 0 Å². The lowest BCUT2D eigenvalue weighted by Crippen LogP contribution is -2.14. The molecule has 0 heterocycles. The number of amides is 1. The van der Waals surface area contributed by atoms with Crippen molar-refractivity contribution in [2.45, 2.75) is 27.4 Å². The zero-order chi connectivity index (χ0) is 25.4. The Morgan fingerprint density at radius 3 is 2.54 bits per heavy atom. The van der Waals surface area contributed by atoms with Crippen LogP contribution in [0.15, 0.2) is 64.6 Å². The third-order valence-electron chi connectivity index (χ3n) is 5.15. The van der Waals surface area contributed by atoms with Crippen LogP contribution in [0.3, 0.4) is 0 Å². The Hall–Kier alpha value is -4.07. The molecule has 3 rings (SSSR count). The van der Waals surface area contributed by atoms with Gasteiger partial charge in [0.05, 0.1) is 22.7 Å². The second-order valence-corrected chi connectivity index (χ2v) is 8.62. The number of halogens is 1. The fourth-order valence-corrected chi connectivity index (χ4v) is 4.01. The van der Waals surface area contributed by atoms with Crippen LogP contribution in [0.1, 0.15) is 34.7 Å². The van der Waals surface area contributed by atoms with Gasteiger partial charge in [0.15, 0.2) is 11.5 Å². The van der Waals surface area contributed by atoms with E-state index in [0.717, 1.165) is 16.7 Å². The molecule has 0 aliphatic heterocycles. The molecule has 0 aliphatic rings. The van der Waals surface area contributed by atoms with Crippen molar-refractivity contribution in [2.24, 2.45) is 0 Å². The summed E-state index contributed by atoms with van der Waals surface area (Å²) >= 11 is 3.51. The Kier molecular flexibility index (Phi) is 8.67. The van der Waals surface area contributed by atoms with Gasteiger partial charge in [0, 0.05) is 11.3 Å². The minimum Gasteiger partial charge on any atom is -0.490 e. The molecule has 0 aliphatic carbocycles. The number of hydrogen-bond donors (Lipinski definition) is 1. The van der Waals surface area contributed by atoms with Gasteiger partial charge in [-0.2, -0.15) is 10.5 Å². The molecule has 0 aromatic heterocycles. The largest absolute Gasteiger partial charge is 0.490 e. The van der Waals surface area contributed by atoms with Gasteiger partial charge in [-0.3, -0.25) is 4.79 Å². The van der Waals surface area contributed by atoms with E-state index in [1.165, 1.54) is 6.08 Å². The predicted molar refractivity (Wildman–Crippen MR) is 139 cm³/mol. The van der Waals surface area contributed by atoms with E-state index in [-0.39, 0.29) is 12.2 Å². The molecule has 3 aromatic carbocycles. The first-order chi connectivity index (χ1) is 16.9. The predicted octanol–water partition coefficient (Wildman–Crippen LogP) is 6.46. The third-order valence-corrected chi connectivity index (χ3v) is 5.74. The molecule has 0 fully saturated rings. The summed E-state index contributed by atoms with van der Waals surface area (Å²) in [6.07, 6.45) is 1.50. The number of rotatable bonds is 8. The number of nitrogens with zero attached hydrogens (tertiary/aromatic N) is 2. The highest BCUT2D eigenvalue weighted by atomic mass is 79.9. The van der Waals surface area contributed by atoms with Gasteiger partial charge in [-0.1, -0.05) is 35.9 Å². The van der Waals surface area contributed by atoms with E-state index >= 15 is 0 Å². The number of carbonyl (C=O) groups is 1. The van der Waals surface area contributed by atoms with Gasteiger partial charge in [0.1, 0.15) is 18.2 Å². The molecule has 0 radical (unpaired) electrons. The van der Waals surface area contributed by atoms with E-state index in [2.05, 4.69) is 27.3 Å². The van der Waals surface area contributed by atoms with Crippen molar-refractivity contribution in [3.05, 3.63) is 92.5 Å². The summed E-state index contributed by atoms with van der Waals surface area (Å²) in [7, 11) is 0. The minimum absolute atomic E-state index is 0.0454. The highest BCUT2D eigenvalue weighted by molar-refractivity contribution is 9.10. The van der Waals surface area contributed by atoms with Crippen LogP contribution in [0, 0.1) is 36.5 Å². The fraction of sp³-hybridized carbons (Fsp3) is 0.179. The van der Waals surface area contributed by atoms with Crippen molar-refractivity contribution in [1.82, 2.24) is 0 Å². The Morgan fingerprint density at radius 2 is 1.86 bits per heavy atom. The molecule has 0 bridgehead atoms. The molecule has 35 heavy (non-hydrogen) atoms. The number of nitrogens with one attached hydrogen (secondary N) is 1. The first-order valence-corrected chi connectivity index (χ1v) is 11.7. The van der Waals surface area contributed by atoms with Crippen molar-refractivity contribution >= 4 is 33.6 Å². The molecule has 0 saturated heterocycles. The van der Waals surface area contributed by atoms with E-state index in [0.29, 0.717) is 39.4 Å². The number of aryl methyl sites for hydroxylation is 2. The van der Waals surface area contributed by atoms with Crippen LogP contribution in [0.25, 0.3) is 6.08 Å². The minimum atomic E-state index is -0.498. The standard InChI is InChI=1S/C28H24BrN3O3/c1-4-34-26-14-20(12-23(16-31)28(33)32-25-10-9-18(2)11-19(25)3)13-24(29)27(26)35-17-22-8-6-5-7-21(22)15-30/h5-14H,4,17H2,1-3H3,(H,32,33)/b23-12+. The highest BCUT2D eigenvalue weighted by Gasteiger charge is 2.16. The second-order valence-electron chi connectivity index (χ2n) is 7.76. The summed E-state index contributed by atoms with van der Waals surface area (Å²) < 4.78 is 12.4. The summed E-state index contributed by atoms with van der Waals surface area (Å²) in [4.78, 5) is 12.8. The van der Waals surface area contributed by atoms with Crippen LogP contribution in [-0.4, -0.2) is 12.5 Å².